The van der Waals surface area contributed by atoms with E-state index in [2.05, 4.69) is 5.10 Å². The molecule has 0 aliphatic rings. The first-order valence-corrected chi connectivity index (χ1v) is 5.73. The van der Waals surface area contributed by atoms with Crippen LogP contribution in [0.25, 0.3) is 0 Å². The number of aromatic nitrogens is 2. The molecule has 1 aromatic rings. The Morgan fingerprint density at radius 2 is 2.12 bits per heavy atom. The van der Waals surface area contributed by atoms with Crippen LogP contribution in [-0.2, 0) is 19.4 Å². The molecule has 0 unspecified atom stereocenters. The van der Waals surface area contributed by atoms with Crippen LogP contribution in [0.2, 0.25) is 0 Å². The summed E-state index contributed by atoms with van der Waals surface area (Å²) >= 11 is 0. The molecular formula is C11H18N4O2. The third kappa shape index (κ3) is 2.91. The Kier molecular flexibility index (Phi) is 4.84. The number of nitro groups is 1. The first-order valence-electron chi connectivity index (χ1n) is 5.73. The van der Waals surface area contributed by atoms with Crippen molar-refractivity contribution < 1.29 is 4.92 Å². The van der Waals surface area contributed by atoms with Gasteiger partial charge in [-0.05, 0) is 12.8 Å². The lowest BCUT2D eigenvalue weighted by Crippen LogP contribution is -2.04. The van der Waals surface area contributed by atoms with Crippen molar-refractivity contribution in [1.29, 1.82) is 0 Å². The maximum absolute atomic E-state index is 11.0. The molecular weight excluding hydrogens is 220 g/mol. The number of rotatable bonds is 6. The lowest BCUT2D eigenvalue weighted by molar-refractivity contribution is -0.386. The lowest BCUT2D eigenvalue weighted by atomic mass is 10.2. The molecule has 1 aromatic heterocycles. The smallest absolute Gasteiger partial charge is 0.313 e. The van der Waals surface area contributed by atoms with Crippen molar-refractivity contribution in [3.05, 3.63) is 33.7 Å². The number of allylic oxidation sites excluding steroid dienone is 1. The van der Waals surface area contributed by atoms with Crippen molar-refractivity contribution in [3.63, 3.8) is 0 Å². The zero-order valence-electron chi connectivity index (χ0n) is 10.2. The van der Waals surface area contributed by atoms with Crippen LogP contribution in [0.15, 0.2) is 12.2 Å². The number of hydrogen-bond donors (Lipinski definition) is 1. The SMILES string of the molecule is CCc1nn(C/C=C/CN)c(CC)c1[N+](=O)[O-]. The Hall–Kier alpha value is -1.69. The minimum absolute atomic E-state index is 0.163. The van der Waals surface area contributed by atoms with E-state index in [0.29, 0.717) is 37.3 Å². The molecule has 0 aromatic carbocycles. The predicted molar refractivity (Wildman–Crippen MR) is 65.8 cm³/mol. The van der Waals surface area contributed by atoms with E-state index in [9.17, 15) is 10.1 Å². The highest BCUT2D eigenvalue weighted by molar-refractivity contribution is 5.41. The summed E-state index contributed by atoms with van der Waals surface area (Å²) in [4.78, 5) is 10.7. The van der Waals surface area contributed by atoms with Crippen LogP contribution in [0.4, 0.5) is 5.69 Å². The summed E-state index contributed by atoms with van der Waals surface area (Å²) in [5.74, 6) is 0. The highest BCUT2D eigenvalue weighted by Gasteiger charge is 2.24. The van der Waals surface area contributed by atoms with Gasteiger partial charge in [-0.25, -0.2) is 0 Å². The van der Waals surface area contributed by atoms with Crippen molar-refractivity contribution in [2.45, 2.75) is 33.2 Å². The van der Waals surface area contributed by atoms with Gasteiger partial charge in [-0.1, -0.05) is 26.0 Å². The largest absolute Gasteiger partial charge is 0.327 e. The summed E-state index contributed by atoms with van der Waals surface area (Å²) in [6, 6.07) is 0. The molecule has 2 N–H and O–H groups in total. The van der Waals surface area contributed by atoms with Gasteiger partial charge in [-0.2, -0.15) is 5.10 Å². The first kappa shape index (κ1) is 13.4. The van der Waals surface area contributed by atoms with Crippen LogP contribution in [0.3, 0.4) is 0 Å². The van der Waals surface area contributed by atoms with Gasteiger partial charge in [0.05, 0.1) is 11.5 Å². The fourth-order valence-electron chi connectivity index (χ4n) is 1.76. The molecule has 1 heterocycles. The fourth-order valence-corrected chi connectivity index (χ4v) is 1.76. The Bertz CT molecular complexity index is 423. The van der Waals surface area contributed by atoms with Gasteiger partial charge in [0.2, 0.25) is 0 Å². The van der Waals surface area contributed by atoms with E-state index in [1.807, 2.05) is 26.0 Å². The Balaban J connectivity index is 3.13. The van der Waals surface area contributed by atoms with Gasteiger partial charge in [0.15, 0.2) is 0 Å². The third-order valence-electron chi connectivity index (χ3n) is 2.53. The number of hydrogen-bond acceptors (Lipinski definition) is 4. The topological polar surface area (TPSA) is 87.0 Å². The average Bonchev–Trinajstić information content (AvgIpc) is 2.67. The van der Waals surface area contributed by atoms with E-state index in [1.54, 1.807) is 4.68 Å². The second kappa shape index (κ2) is 6.15. The molecule has 0 saturated heterocycles. The van der Waals surface area contributed by atoms with E-state index in [-0.39, 0.29) is 10.6 Å². The summed E-state index contributed by atoms with van der Waals surface area (Å²) in [5.41, 5.74) is 6.73. The van der Waals surface area contributed by atoms with Crippen molar-refractivity contribution in [2.75, 3.05) is 6.54 Å². The number of nitrogens with zero attached hydrogens (tertiary/aromatic N) is 3. The molecule has 0 atom stereocenters. The van der Waals surface area contributed by atoms with Gasteiger partial charge >= 0.3 is 5.69 Å². The number of nitrogens with two attached hydrogens (primary N) is 1. The van der Waals surface area contributed by atoms with Gasteiger partial charge < -0.3 is 5.73 Å². The van der Waals surface area contributed by atoms with E-state index >= 15 is 0 Å². The Morgan fingerprint density at radius 1 is 1.41 bits per heavy atom. The molecule has 94 valence electrons. The second-order valence-electron chi connectivity index (χ2n) is 3.60. The predicted octanol–water partition coefficient (Wildman–Crippen LogP) is 1.43. The number of aryl methyl sites for hydroxylation is 1. The van der Waals surface area contributed by atoms with Crippen molar-refractivity contribution in [1.82, 2.24) is 9.78 Å². The summed E-state index contributed by atoms with van der Waals surface area (Å²) in [6.45, 7) is 4.76. The quantitative estimate of drug-likeness (QED) is 0.461. The molecule has 0 aliphatic carbocycles. The van der Waals surface area contributed by atoms with Crippen molar-refractivity contribution >= 4 is 5.69 Å². The van der Waals surface area contributed by atoms with Crippen molar-refractivity contribution in [2.24, 2.45) is 5.73 Å². The molecule has 0 aliphatic heterocycles. The zero-order chi connectivity index (χ0) is 12.8. The van der Waals surface area contributed by atoms with Gasteiger partial charge in [0.1, 0.15) is 11.4 Å². The molecule has 6 heteroatoms. The summed E-state index contributed by atoms with van der Waals surface area (Å²) in [6.07, 6.45) is 4.85. The zero-order valence-corrected chi connectivity index (χ0v) is 10.2. The van der Waals surface area contributed by atoms with E-state index in [4.69, 9.17) is 5.73 Å². The molecule has 0 fully saturated rings. The van der Waals surface area contributed by atoms with Gasteiger partial charge in [0, 0.05) is 6.54 Å². The maximum atomic E-state index is 11.0. The van der Waals surface area contributed by atoms with Crippen LogP contribution >= 0.6 is 0 Å². The summed E-state index contributed by atoms with van der Waals surface area (Å²) in [5, 5.41) is 15.3. The van der Waals surface area contributed by atoms with Crippen LogP contribution in [-0.4, -0.2) is 21.2 Å². The highest BCUT2D eigenvalue weighted by Crippen LogP contribution is 2.24. The molecule has 0 spiro atoms. The van der Waals surface area contributed by atoms with Crippen LogP contribution in [0.5, 0.6) is 0 Å². The molecule has 1 rings (SSSR count). The van der Waals surface area contributed by atoms with E-state index in [0.717, 1.165) is 0 Å². The molecule has 6 nitrogen and oxygen atoms in total. The van der Waals surface area contributed by atoms with Crippen LogP contribution in [0, 0.1) is 10.1 Å². The Morgan fingerprint density at radius 3 is 2.59 bits per heavy atom. The minimum Gasteiger partial charge on any atom is -0.327 e. The normalized spacial score (nSPS) is 11.2. The average molecular weight is 238 g/mol. The second-order valence-corrected chi connectivity index (χ2v) is 3.60. The fraction of sp³-hybridized carbons (Fsp3) is 0.545. The summed E-state index contributed by atoms with van der Waals surface area (Å²) < 4.78 is 1.68. The maximum Gasteiger partial charge on any atom is 0.313 e. The minimum atomic E-state index is -0.339. The molecule has 0 saturated carbocycles. The molecule has 0 bridgehead atoms. The van der Waals surface area contributed by atoms with Gasteiger partial charge in [-0.15, -0.1) is 0 Å². The molecule has 17 heavy (non-hydrogen) atoms. The Labute approximate surface area is 100 Å². The van der Waals surface area contributed by atoms with Crippen LogP contribution < -0.4 is 5.73 Å². The van der Waals surface area contributed by atoms with Crippen molar-refractivity contribution in [3.8, 4) is 0 Å². The van der Waals surface area contributed by atoms with E-state index < -0.39 is 0 Å². The standard InChI is InChI=1S/C11H18N4O2/c1-3-9-11(15(16)17)10(4-2)14(13-9)8-6-5-7-12/h5-6H,3-4,7-8,12H2,1-2H3/b6-5+. The molecule has 0 amide bonds. The van der Waals surface area contributed by atoms with E-state index in [1.165, 1.54) is 0 Å². The summed E-state index contributed by atoms with van der Waals surface area (Å²) in [7, 11) is 0. The van der Waals surface area contributed by atoms with Gasteiger partial charge in [-0.3, -0.25) is 14.8 Å². The van der Waals surface area contributed by atoms with Crippen LogP contribution in [0.1, 0.15) is 25.2 Å². The highest BCUT2D eigenvalue weighted by atomic mass is 16.6. The monoisotopic (exact) mass is 238 g/mol. The first-order chi connectivity index (χ1) is 8.15. The molecule has 0 radical (unpaired) electrons. The van der Waals surface area contributed by atoms with Gasteiger partial charge in [0.25, 0.3) is 0 Å². The third-order valence-corrected chi connectivity index (χ3v) is 2.53. The lowest BCUT2D eigenvalue weighted by Gasteiger charge is -2.00.